The quantitative estimate of drug-likeness (QED) is 0.304. The Morgan fingerprint density at radius 3 is 1.92 bits per heavy atom. The van der Waals surface area contributed by atoms with Gasteiger partial charge in [0, 0.05) is 45.6 Å². The van der Waals surface area contributed by atoms with Crippen LogP contribution in [0.15, 0.2) is 36.8 Å². The molecule has 0 atom stereocenters. The number of rotatable bonds is 5. The Balaban J connectivity index is 1.72. The Bertz CT molecular complexity index is 1410. The molecule has 0 N–H and O–H groups in total. The van der Waals surface area contributed by atoms with E-state index in [4.69, 9.17) is 19.9 Å². The van der Waals surface area contributed by atoms with E-state index >= 15 is 0 Å². The first-order chi connectivity index (χ1) is 16.6. The molecule has 0 bridgehead atoms. The Kier molecular flexibility index (Phi) is 6.39. The third kappa shape index (κ3) is 5.09. The third-order valence-corrected chi connectivity index (χ3v) is 6.95. The predicted molar refractivity (Wildman–Crippen MR) is 147 cm³/mol. The van der Waals surface area contributed by atoms with Gasteiger partial charge in [-0.3, -0.25) is 9.97 Å². The van der Waals surface area contributed by atoms with Crippen LogP contribution in [0, 0.1) is 0 Å². The highest BCUT2D eigenvalue weighted by molar-refractivity contribution is 5.81. The van der Waals surface area contributed by atoms with Gasteiger partial charge in [-0.05, 0) is 31.0 Å². The van der Waals surface area contributed by atoms with Crippen LogP contribution in [0.3, 0.4) is 0 Å². The second-order valence-corrected chi connectivity index (χ2v) is 13.3. The van der Waals surface area contributed by atoms with Crippen LogP contribution in [-0.4, -0.2) is 29.9 Å². The lowest BCUT2D eigenvalue weighted by Gasteiger charge is -2.32. The SMILES string of the molecule is CC(C)(C)c1nc(C(C)(C)CCC(C)(C)c2nc(C(C)(C)C)c3ncccc3n2)c2cnccc2n1. The molecule has 36 heavy (non-hydrogen) atoms. The zero-order valence-corrected chi connectivity index (χ0v) is 23.6. The lowest BCUT2D eigenvalue weighted by molar-refractivity contribution is 0.355. The largest absolute Gasteiger partial charge is 0.264 e. The lowest BCUT2D eigenvalue weighted by atomic mass is 9.75. The van der Waals surface area contributed by atoms with E-state index in [9.17, 15) is 0 Å². The van der Waals surface area contributed by atoms with E-state index in [1.165, 1.54) is 0 Å². The topological polar surface area (TPSA) is 77.3 Å². The first-order valence-electron chi connectivity index (χ1n) is 12.9. The Morgan fingerprint density at radius 1 is 0.611 bits per heavy atom. The molecule has 4 aromatic rings. The van der Waals surface area contributed by atoms with Crippen LogP contribution >= 0.6 is 0 Å². The highest BCUT2D eigenvalue weighted by atomic mass is 14.9. The molecule has 0 saturated carbocycles. The highest BCUT2D eigenvalue weighted by Gasteiger charge is 2.34. The molecule has 0 radical (unpaired) electrons. The maximum Gasteiger partial charge on any atom is 0.135 e. The second-order valence-electron chi connectivity index (χ2n) is 13.3. The average Bonchev–Trinajstić information content (AvgIpc) is 2.80. The summed E-state index contributed by atoms with van der Waals surface area (Å²) in [5.74, 6) is 1.73. The maximum absolute atomic E-state index is 5.11. The molecule has 190 valence electrons. The molecular weight excluding hydrogens is 444 g/mol. The minimum absolute atomic E-state index is 0.129. The van der Waals surface area contributed by atoms with E-state index in [2.05, 4.69) is 79.2 Å². The van der Waals surface area contributed by atoms with Crippen molar-refractivity contribution in [3.63, 3.8) is 0 Å². The van der Waals surface area contributed by atoms with Crippen molar-refractivity contribution < 1.29 is 0 Å². The summed E-state index contributed by atoms with van der Waals surface area (Å²) in [6.07, 6.45) is 7.36. The number of hydrogen-bond acceptors (Lipinski definition) is 6. The first-order valence-corrected chi connectivity index (χ1v) is 12.9. The third-order valence-electron chi connectivity index (χ3n) is 6.95. The van der Waals surface area contributed by atoms with Crippen LogP contribution in [0.2, 0.25) is 0 Å². The van der Waals surface area contributed by atoms with Gasteiger partial charge in [0.2, 0.25) is 0 Å². The molecule has 6 nitrogen and oxygen atoms in total. The fourth-order valence-electron chi connectivity index (χ4n) is 4.47. The van der Waals surface area contributed by atoms with Crippen molar-refractivity contribution in [2.75, 3.05) is 0 Å². The molecule has 0 unspecified atom stereocenters. The van der Waals surface area contributed by atoms with Gasteiger partial charge < -0.3 is 0 Å². The molecule has 0 fully saturated rings. The summed E-state index contributed by atoms with van der Waals surface area (Å²) in [7, 11) is 0. The zero-order chi connectivity index (χ0) is 26.5. The Morgan fingerprint density at radius 2 is 1.25 bits per heavy atom. The average molecular weight is 485 g/mol. The molecule has 4 aromatic heterocycles. The monoisotopic (exact) mass is 484 g/mol. The van der Waals surface area contributed by atoms with Crippen molar-refractivity contribution in [1.29, 1.82) is 0 Å². The molecule has 4 rings (SSSR count). The van der Waals surface area contributed by atoms with Crippen molar-refractivity contribution in [1.82, 2.24) is 29.9 Å². The van der Waals surface area contributed by atoms with Crippen LogP contribution in [0.1, 0.15) is 105 Å². The van der Waals surface area contributed by atoms with Crippen LogP contribution in [0.5, 0.6) is 0 Å². The Hall–Kier alpha value is -3.02. The van der Waals surface area contributed by atoms with Crippen molar-refractivity contribution in [2.24, 2.45) is 0 Å². The number of aromatic nitrogens is 6. The molecule has 0 saturated heterocycles. The summed E-state index contributed by atoms with van der Waals surface area (Å²) in [5, 5.41) is 1.02. The number of pyridine rings is 2. The van der Waals surface area contributed by atoms with Crippen molar-refractivity contribution in [2.45, 2.75) is 104 Å². The van der Waals surface area contributed by atoms with Crippen LogP contribution in [-0.2, 0) is 21.7 Å². The van der Waals surface area contributed by atoms with E-state index in [1.807, 2.05) is 30.6 Å². The van der Waals surface area contributed by atoms with Gasteiger partial charge in [0.15, 0.2) is 0 Å². The zero-order valence-electron chi connectivity index (χ0n) is 23.6. The van der Waals surface area contributed by atoms with Gasteiger partial charge in [-0.1, -0.05) is 69.2 Å². The summed E-state index contributed by atoms with van der Waals surface area (Å²) < 4.78 is 0. The molecule has 4 heterocycles. The normalized spacial score (nSPS) is 13.5. The van der Waals surface area contributed by atoms with E-state index in [0.29, 0.717) is 0 Å². The summed E-state index contributed by atoms with van der Waals surface area (Å²) >= 11 is 0. The molecule has 0 aromatic carbocycles. The minimum Gasteiger partial charge on any atom is -0.264 e. The summed E-state index contributed by atoms with van der Waals surface area (Å²) in [5.41, 5.74) is 4.11. The predicted octanol–water partition coefficient (Wildman–Crippen LogP) is 6.99. The van der Waals surface area contributed by atoms with Gasteiger partial charge in [-0.15, -0.1) is 0 Å². The minimum atomic E-state index is -0.227. The van der Waals surface area contributed by atoms with Crippen molar-refractivity contribution in [3.05, 3.63) is 59.8 Å². The maximum atomic E-state index is 5.11. The molecule has 0 aliphatic carbocycles. The fraction of sp³-hybridized carbons (Fsp3) is 0.533. The number of hydrogen-bond donors (Lipinski definition) is 0. The molecule has 6 heteroatoms. The van der Waals surface area contributed by atoms with Crippen molar-refractivity contribution >= 4 is 21.9 Å². The highest BCUT2D eigenvalue weighted by Crippen LogP contribution is 2.38. The smallest absolute Gasteiger partial charge is 0.135 e. The summed E-state index contributed by atoms with van der Waals surface area (Å²) in [6, 6.07) is 5.97. The summed E-state index contributed by atoms with van der Waals surface area (Å²) in [6.45, 7) is 22.1. The first kappa shape index (κ1) is 26.1. The van der Waals surface area contributed by atoms with E-state index < -0.39 is 0 Å². The van der Waals surface area contributed by atoms with Gasteiger partial charge in [0.1, 0.15) is 17.2 Å². The van der Waals surface area contributed by atoms with Gasteiger partial charge in [-0.25, -0.2) is 19.9 Å². The molecule has 0 aliphatic heterocycles. The summed E-state index contributed by atoms with van der Waals surface area (Å²) in [4.78, 5) is 29.1. The molecule has 0 aliphatic rings. The van der Waals surface area contributed by atoms with Gasteiger partial charge in [0.05, 0.1) is 22.4 Å². The second kappa shape index (κ2) is 8.82. The van der Waals surface area contributed by atoms with E-state index in [0.717, 1.165) is 57.8 Å². The standard InChI is InChI=1S/C30H40N6/c1-27(2,3)24-22-21(12-11-16-32-22)34-26(36-24)30(9,10)15-14-29(7,8)23-19-18-31-17-13-20(19)33-25(35-23)28(4,5)6/h11-13,16-18H,14-15H2,1-10H3. The molecule has 0 amide bonds. The molecular formula is C30H40N6. The van der Waals surface area contributed by atoms with Gasteiger partial charge in [0.25, 0.3) is 0 Å². The number of fused-ring (bicyclic) bond motifs is 2. The lowest BCUT2D eigenvalue weighted by Crippen LogP contribution is -2.29. The van der Waals surface area contributed by atoms with Crippen molar-refractivity contribution in [3.8, 4) is 0 Å². The van der Waals surface area contributed by atoms with Crippen LogP contribution in [0.4, 0.5) is 0 Å². The van der Waals surface area contributed by atoms with Crippen LogP contribution < -0.4 is 0 Å². The Labute approximate surface area is 215 Å². The fourth-order valence-corrected chi connectivity index (χ4v) is 4.47. The number of nitrogens with zero attached hydrogens (tertiary/aromatic N) is 6. The van der Waals surface area contributed by atoms with E-state index in [1.54, 1.807) is 6.20 Å². The van der Waals surface area contributed by atoms with E-state index in [-0.39, 0.29) is 21.7 Å². The van der Waals surface area contributed by atoms with Crippen LogP contribution in [0.25, 0.3) is 21.9 Å². The van der Waals surface area contributed by atoms with Gasteiger partial charge in [-0.2, -0.15) is 0 Å². The molecule has 0 spiro atoms. The van der Waals surface area contributed by atoms with Gasteiger partial charge >= 0.3 is 0 Å².